The zero-order chi connectivity index (χ0) is 13.9. The minimum Gasteiger partial charge on any atom is -0.503 e. The largest absolute Gasteiger partial charge is 0.503 e. The molecule has 4 aromatic rings. The lowest BCUT2D eigenvalue weighted by Crippen LogP contribution is -2.03. The molecule has 0 amide bonds. The first-order valence-electron chi connectivity index (χ1n) is 6.06. The Kier molecular flexibility index (Phi) is 1.93. The second-order valence-corrected chi connectivity index (χ2v) is 4.68. The minimum atomic E-state index is -0.461. The van der Waals surface area contributed by atoms with Crippen LogP contribution in [0, 0.1) is 0 Å². The van der Waals surface area contributed by atoms with Gasteiger partial charge in [0.05, 0.1) is 11.0 Å². The second kappa shape index (κ2) is 3.54. The summed E-state index contributed by atoms with van der Waals surface area (Å²) in [5.41, 5.74) is 0.928. The third kappa shape index (κ3) is 1.29. The lowest BCUT2D eigenvalue weighted by Gasteiger charge is -2.08. The van der Waals surface area contributed by atoms with Gasteiger partial charge in [-0.05, 0) is 35.7 Å². The molecule has 0 aliphatic rings. The first-order chi connectivity index (χ1) is 9.65. The van der Waals surface area contributed by atoms with E-state index in [-0.39, 0.29) is 16.7 Å². The summed E-state index contributed by atoms with van der Waals surface area (Å²) in [6, 6.07) is 7.60. The van der Waals surface area contributed by atoms with Crippen LogP contribution in [0.5, 0.6) is 5.75 Å². The van der Waals surface area contributed by atoms with Crippen molar-refractivity contribution in [2.75, 3.05) is 0 Å². The molecule has 0 bridgehead atoms. The Morgan fingerprint density at radius 3 is 2.80 bits per heavy atom. The van der Waals surface area contributed by atoms with Gasteiger partial charge in [-0.15, -0.1) is 0 Å². The van der Waals surface area contributed by atoms with Crippen LogP contribution in [0.4, 0.5) is 0 Å². The van der Waals surface area contributed by atoms with Crippen molar-refractivity contribution >= 4 is 32.7 Å². The molecular formula is C15H8N2O3. The fourth-order valence-electron chi connectivity index (χ4n) is 2.59. The van der Waals surface area contributed by atoms with E-state index in [2.05, 4.69) is 9.97 Å². The molecule has 5 nitrogen and oxygen atoms in total. The van der Waals surface area contributed by atoms with E-state index in [1.165, 1.54) is 18.2 Å². The summed E-state index contributed by atoms with van der Waals surface area (Å²) in [6.45, 7) is 0. The Hall–Kier alpha value is -2.95. The Balaban J connectivity index is 2.46. The predicted molar refractivity (Wildman–Crippen MR) is 76.5 cm³/mol. The Morgan fingerprint density at radius 2 is 1.95 bits per heavy atom. The summed E-state index contributed by atoms with van der Waals surface area (Å²) < 4.78 is 0. The number of aromatic amines is 1. The van der Waals surface area contributed by atoms with Crippen molar-refractivity contribution in [1.29, 1.82) is 0 Å². The van der Waals surface area contributed by atoms with Gasteiger partial charge in [0.1, 0.15) is 5.52 Å². The lowest BCUT2D eigenvalue weighted by atomic mass is 10.0. The van der Waals surface area contributed by atoms with Crippen molar-refractivity contribution < 1.29 is 5.11 Å². The Morgan fingerprint density at radius 1 is 1.10 bits per heavy atom. The molecule has 0 unspecified atom stereocenters. The third-order valence-corrected chi connectivity index (χ3v) is 3.48. The highest BCUT2D eigenvalue weighted by Crippen LogP contribution is 2.31. The van der Waals surface area contributed by atoms with Crippen LogP contribution in [-0.2, 0) is 0 Å². The van der Waals surface area contributed by atoms with Crippen LogP contribution in [0.3, 0.4) is 0 Å². The summed E-state index contributed by atoms with van der Waals surface area (Å²) in [5, 5.41) is 12.0. The summed E-state index contributed by atoms with van der Waals surface area (Å²) >= 11 is 0. The highest BCUT2D eigenvalue weighted by molar-refractivity contribution is 6.18. The van der Waals surface area contributed by atoms with Gasteiger partial charge in [0.15, 0.2) is 11.2 Å². The van der Waals surface area contributed by atoms with Crippen molar-refractivity contribution in [3.63, 3.8) is 0 Å². The molecule has 0 aliphatic heterocycles. The highest BCUT2D eigenvalue weighted by Gasteiger charge is 2.14. The molecule has 5 heteroatoms. The van der Waals surface area contributed by atoms with Crippen molar-refractivity contribution in [3.05, 3.63) is 57.0 Å². The number of benzene rings is 2. The number of aromatic hydroxyl groups is 1. The fourth-order valence-corrected chi connectivity index (χ4v) is 2.59. The number of hydrogen-bond donors (Lipinski definition) is 2. The second-order valence-electron chi connectivity index (χ2n) is 4.68. The molecule has 2 aromatic heterocycles. The van der Waals surface area contributed by atoms with Gasteiger partial charge in [-0.3, -0.25) is 9.59 Å². The standard InChI is InChI=1S/C15H8N2O3/c18-8-1-2-10-9(6-8)13-12-7(3-4-16-13)5-11(19)15(20)14(12)17-10/h1-6,16,20H. The van der Waals surface area contributed by atoms with Gasteiger partial charge < -0.3 is 10.1 Å². The number of hydrogen-bond acceptors (Lipinski definition) is 4. The van der Waals surface area contributed by atoms with Gasteiger partial charge in [-0.2, -0.15) is 0 Å². The summed E-state index contributed by atoms with van der Waals surface area (Å²) in [4.78, 5) is 30.7. The van der Waals surface area contributed by atoms with E-state index in [9.17, 15) is 14.7 Å². The van der Waals surface area contributed by atoms with E-state index in [1.54, 1.807) is 18.3 Å². The van der Waals surface area contributed by atoms with Gasteiger partial charge in [0.2, 0.25) is 5.43 Å². The van der Waals surface area contributed by atoms with E-state index in [0.717, 1.165) is 0 Å². The molecule has 2 N–H and O–H groups in total. The van der Waals surface area contributed by atoms with Gasteiger partial charge in [-0.1, -0.05) is 0 Å². The molecule has 0 saturated carbocycles. The highest BCUT2D eigenvalue weighted by atomic mass is 16.3. The number of nitrogens with zero attached hydrogens (tertiary/aromatic N) is 1. The topological polar surface area (TPSA) is 83.0 Å². The molecule has 0 saturated heterocycles. The summed E-state index contributed by atoms with van der Waals surface area (Å²) in [5.74, 6) is -0.366. The maximum absolute atomic E-state index is 11.7. The number of H-pyrrole nitrogens is 1. The number of rotatable bonds is 0. The van der Waals surface area contributed by atoms with Gasteiger partial charge >= 0.3 is 0 Å². The number of phenols is 1. The number of aromatic nitrogens is 2. The monoisotopic (exact) mass is 264 g/mol. The maximum Gasteiger partial charge on any atom is 0.223 e. The quantitative estimate of drug-likeness (QED) is 0.374. The minimum absolute atomic E-state index is 0.113. The van der Waals surface area contributed by atoms with E-state index >= 15 is 0 Å². The smallest absolute Gasteiger partial charge is 0.223 e. The Bertz CT molecular complexity index is 1100. The maximum atomic E-state index is 11.7. The molecule has 0 fully saturated rings. The molecule has 0 aliphatic carbocycles. The molecule has 4 rings (SSSR count). The average Bonchev–Trinajstić information content (AvgIpc) is 2.45. The molecule has 96 valence electrons. The van der Waals surface area contributed by atoms with Crippen molar-refractivity contribution in [3.8, 4) is 5.75 Å². The van der Waals surface area contributed by atoms with Crippen molar-refractivity contribution in [2.45, 2.75) is 0 Å². The number of pyridine rings is 2. The van der Waals surface area contributed by atoms with Crippen LogP contribution < -0.4 is 10.9 Å². The normalized spacial score (nSPS) is 11.6. The van der Waals surface area contributed by atoms with E-state index in [0.29, 0.717) is 27.2 Å². The van der Waals surface area contributed by atoms with E-state index in [4.69, 9.17) is 0 Å². The zero-order valence-corrected chi connectivity index (χ0v) is 10.2. The SMILES string of the molecule is O=c1ccc2nc3c(O)c(=O)cc4cc[nH]c(c2c1)c43. The van der Waals surface area contributed by atoms with Crippen LogP contribution in [0.15, 0.2) is 46.1 Å². The third-order valence-electron chi connectivity index (χ3n) is 3.48. The lowest BCUT2D eigenvalue weighted by molar-refractivity contribution is 0.476. The predicted octanol–water partition coefficient (Wildman–Crippen LogP) is 1.73. The molecule has 2 heterocycles. The first-order valence-corrected chi connectivity index (χ1v) is 6.06. The first kappa shape index (κ1) is 10.9. The summed E-state index contributed by atoms with van der Waals surface area (Å²) in [7, 11) is 0. The zero-order valence-electron chi connectivity index (χ0n) is 10.2. The molecule has 0 spiro atoms. The van der Waals surface area contributed by atoms with E-state index in [1.807, 2.05) is 0 Å². The number of phenolic OH excluding ortho intramolecular Hbond substituents is 1. The van der Waals surface area contributed by atoms with Crippen molar-refractivity contribution in [1.82, 2.24) is 9.97 Å². The molecule has 0 atom stereocenters. The van der Waals surface area contributed by atoms with Crippen LogP contribution in [-0.4, -0.2) is 15.1 Å². The fraction of sp³-hybridized carbons (Fsp3) is 0. The van der Waals surface area contributed by atoms with Crippen LogP contribution >= 0.6 is 0 Å². The molecule has 2 aromatic carbocycles. The van der Waals surface area contributed by atoms with Crippen molar-refractivity contribution in [2.24, 2.45) is 0 Å². The number of nitrogens with one attached hydrogen (secondary N) is 1. The molecule has 0 radical (unpaired) electrons. The number of fused-ring (bicyclic) bond motifs is 2. The van der Waals surface area contributed by atoms with Crippen LogP contribution in [0.25, 0.3) is 32.7 Å². The van der Waals surface area contributed by atoms with Gasteiger partial charge in [0.25, 0.3) is 0 Å². The Labute approximate surface area is 111 Å². The van der Waals surface area contributed by atoms with Crippen LogP contribution in [0.1, 0.15) is 0 Å². The summed E-state index contributed by atoms with van der Waals surface area (Å²) in [6.07, 6.45) is 1.70. The van der Waals surface area contributed by atoms with Gasteiger partial charge in [0, 0.05) is 17.0 Å². The molecule has 20 heavy (non-hydrogen) atoms. The van der Waals surface area contributed by atoms with E-state index < -0.39 is 5.43 Å². The van der Waals surface area contributed by atoms with Gasteiger partial charge in [-0.25, -0.2) is 4.98 Å². The van der Waals surface area contributed by atoms with Crippen LogP contribution in [0.2, 0.25) is 0 Å². The average molecular weight is 264 g/mol. The molecular weight excluding hydrogens is 256 g/mol.